The lowest BCUT2D eigenvalue weighted by Gasteiger charge is -2.21. The molecule has 27 heavy (non-hydrogen) atoms. The third-order valence-electron chi connectivity index (χ3n) is 4.16. The monoisotopic (exact) mass is 365 g/mol. The van der Waals surface area contributed by atoms with Crippen molar-refractivity contribution >= 4 is 17.5 Å². The van der Waals surface area contributed by atoms with Crippen LogP contribution in [0.4, 0.5) is 5.69 Å². The van der Waals surface area contributed by atoms with Crippen molar-refractivity contribution in [3.63, 3.8) is 0 Å². The van der Waals surface area contributed by atoms with E-state index in [9.17, 15) is 9.59 Å². The molecule has 2 aromatic rings. The molecule has 2 amide bonds. The molecule has 0 saturated heterocycles. The Hall–Kier alpha value is -3.33. The second kappa shape index (κ2) is 9.97. The van der Waals surface area contributed by atoms with Gasteiger partial charge < -0.3 is 15.0 Å². The van der Waals surface area contributed by atoms with E-state index < -0.39 is 0 Å². The standard InChI is InChI=1S/C21H23N3O3/c1-16(25)24(12-10-17-4-3-5-20(14-17)27-2)13-11-21(26)23-19-8-6-18(15-22)7-9-19/h3-9,14H,10-13H2,1-2H3,(H,23,26). The zero-order valence-electron chi connectivity index (χ0n) is 15.6. The van der Waals surface area contributed by atoms with Gasteiger partial charge in [-0.1, -0.05) is 12.1 Å². The van der Waals surface area contributed by atoms with Gasteiger partial charge in [-0.3, -0.25) is 9.59 Å². The molecular formula is C21H23N3O3. The molecule has 140 valence electrons. The first-order valence-electron chi connectivity index (χ1n) is 8.70. The van der Waals surface area contributed by atoms with Crippen molar-refractivity contribution < 1.29 is 14.3 Å². The van der Waals surface area contributed by atoms with Gasteiger partial charge in [0.25, 0.3) is 0 Å². The fourth-order valence-corrected chi connectivity index (χ4v) is 2.61. The van der Waals surface area contributed by atoms with Crippen molar-refractivity contribution in [2.45, 2.75) is 19.8 Å². The highest BCUT2D eigenvalue weighted by molar-refractivity contribution is 5.91. The van der Waals surface area contributed by atoms with Gasteiger partial charge in [0.15, 0.2) is 0 Å². The number of nitrogens with one attached hydrogen (secondary N) is 1. The summed E-state index contributed by atoms with van der Waals surface area (Å²) in [7, 11) is 1.62. The lowest BCUT2D eigenvalue weighted by atomic mass is 10.1. The van der Waals surface area contributed by atoms with Gasteiger partial charge in [0.05, 0.1) is 18.7 Å². The number of nitriles is 1. The maximum Gasteiger partial charge on any atom is 0.226 e. The summed E-state index contributed by atoms with van der Waals surface area (Å²) in [5, 5.41) is 11.6. The molecule has 0 aliphatic rings. The summed E-state index contributed by atoms with van der Waals surface area (Å²) < 4.78 is 5.21. The van der Waals surface area contributed by atoms with Gasteiger partial charge in [0.2, 0.25) is 11.8 Å². The Kier molecular flexibility index (Phi) is 7.38. The average molecular weight is 365 g/mol. The van der Waals surface area contributed by atoms with Crippen LogP contribution in [0.3, 0.4) is 0 Å². The minimum atomic E-state index is -0.174. The molecule has 0 radical (unpaired) electrons. The van der Waals surface area contributed by atoms with E-state index in [0.29, 0.717) is 30.8 Å². The Labute approximate surface area is 159 Å². The van der Waals surface area contributed by atoms with E-state index in [1.165, 1.54) is 6.92 Å². The Morgan fingerprint density at radius 2 is 1.89 bits per heavy atom. The van der Waals surface area contributed by atoms with Crippen molar-refractivity contribution in [3.05, 3.63) is 59.7 Å². The molecule has 0 bridgehead atoms. The van der Waals surface area contributed by atoms with E-state index in [1.807, 2.05) is 30.3 Å². The topological polar surface area (TPSA) is 82.4 Å². The fourth-order valence-electron chi connectivity index (χ4n) is 2.61. The van der Waals surface area contributed by atoms with Crippen molar-refractivity contribution in [3.8, 4) is 11.8 Å². The van der Waals surface area contributed by atoms with Crippen molar-refractivity contribution in [1.29, 1.82) is 5.26 Å². The molecule has 0 heterocycles. The summed E-state index contributed by atoms with van der Waals surface area (Å²) in [4.78, 5) is 25.7. The number of hydrogen-bond acceptors (Lipinski definition) is 4. The molecule has 2 aromatic carbocycles. The SMILES string of the molecule is COc1cccc(CCN(CCC(=O)Nc2ccc(C#N)cc2)C(C)=O)c1. The number of ether oxygens (including phenoxy) is 1. The second-order valence-electron chi connectivity index (χ2n) is 6.09. The summed E-state index contributed by atoms with van der Waals surface area (Å²) in [5.74, 6) is 0.542. The van der Waals surface area contributed by atoms with Crippen LogP contribution in [0.2, 0.25) is 0 Å². The maximum absolute atomic E-state index is 12.1. The zero-order chi connectivity index (χ0) is 19.6. The van der Waals surface area contributed by atoms with Gasteiger partial charge in [-0.15, -0.1) is 0 Å². The van der Waals surface area contributed by atoms with Crippen molar-refractivity contribution in [1.82, 2.24) is 4.90 Å². The number of amides is 2. The first kappa shape index (κ1) is 20.0. The van der Waals surface area contributed by atoms with Crippen LogP contribution in [0.1, 0.15) is 24.5 Å². The smallest absolute Gasteiger partial charge is 0.226 e. The molecule has 0 aliphatic heterocycles. The molecule has 0 saturated carbocycles. The predicted octanol–water partition coefficient (Wildman–Crippen LogP) is 2.99. The largest absolute Gasteiger partial charge is 0.497 e. The van der Waals surface area contributed by atoms with E-state index in [1.54, 1.807) is 36.3 Å². The van der Waals surface area contributed by atoms with E-state index in [2.05, 4.69) is 5.32 Å². The summed E-state index contributed by atoms with van der Waals surface area (Å²) in [5.41, 5.74) is 2.24. The first-order valence-corrected chi connectivity index (χ1v) is 8.70. The Morgan fingerprint density at radius 3 is 2.52 bits per heavy atom. The van der Waals surface area contributed by atoms with Gasteiger partial charge in [-0.05, 0) is 48.4 Å². The normalized spacial score (nSPS) is 9.96. The first-order chi connectivity index (χ1) is 13.0. The summed E-state index contributed by atoms with van der Waals surface area (Å²) >= 11 is 0. The number of rotatable bonds is 8. The molecule has 6 nitrogen and oxygen atoms in total. The van der Waals surface area contributed by atoms with Crippen LogP contribution >= 0.6 is 0 Å². The van der Waals surface area contributed by atoms with Crippen molar-refractivity contribution in [2.75, 3.05) is 25.5 Å². The van der Waals surface area contributed by atoms with Gasteiger partial charge in [-0.2, -0.15) is 5.26 Å². The lowest BCUT2D eigenvalue weighted by molar-refractivity contribution is -0.129. The van der Waals surface area contributed by atoms with Crippen LogP contribution in [-0.4, -0.2) is 36.9 Å². The fraction of sp³-hybridized carbons (Fsp3) is 0.286. The molecule has 6 heteroatoms. The molecule has 2 rings (SSSR count). The third-order valence-corrected chi connectivity index (χ3v) is 4.16. The highest BCUT2D eigenvalue weighted by Gasteiger charge is 2.12. The maximum atomic E-state index is 12.1. The average Bonchev–Trinajstić information content (AvgIpc) is 2.68. The molecular weight excluding hydrogens is 342 g/mol. The highest BCUT2D eigenvalue weighted by atomic mass is 16.5. The number of carbonyl (C=O) groups is 2. The molecule has 1 N–H and O–H groups in total. The van der Waals surface area contributed by atoms with Gasteiger partial charge in [0, 0.05) is 32.1 Å². The number of methoxy groups -OCH3 is 1. The number of hydrogen-bond donors (Lipinski definition) is 1. The van der Waals surface area contributed by atoms with Gasteiger partial charge in [-0.25, -0.2) is 0 Å². The van der Waals surface area contributed by atoms with Crippen LogP contribution in [0, 0.1) is 11.3 Å². The van der Waals surface area contributed by atoms with Crippen LogP contribution in [0.15, 0.2) is 48.5 Å². The van der Waals surface area contributed by atoms with E-state index in [0.717, 1.165) is 11.3 Å². The quantitative estimate of drug-likeness (QED) is 0.780. The minimum absolute atomic E-state index is 0.0657. The number of anilines is 1. The Balaban J connectivity index is 1.85. The number of nitrogens with zero attached hydrogens (tertiary/aromatic N) is 2. The summed E-state index contributed by atoms with van der Waals surface area (Å²) in [6.45, 7) is 2.39. The molecule has 0 aliphatic carbocycles. The van der Waals surface area contributed by atoms with Crippen LogP contribution in [-0.2, 0) is 16.0 Å². The van der Waals surface area contributed by atoms with Crippen molar-refractivity contribution in [2.24, 2.45) is 0 Å². The zero-order valence-corrected chi connectivity index (χ0v) is 15.6. The Morgan fingerprint density at radius 1 is 1.15 bits per heavy atom. The molecule has 0 spiro atoms. The highest BCUT2D eigenvalue weighted by Crippen LogP contribution is 2.14. The molecule has 0 aromatic heterocycles. The van der Waals surface area contributed by atoms with Crippen LogP contribution in [0.5, 0.6) is 5.75 Å². The Bertz CT molecular complexity index is 825. The summed E-state index contributed by atoms with van der Waals surface area (Å²) in [6, 6.07) is 16.4. The summed E-state index contributed by atoms with van der Waals surface area (Å²) in [6.07, 6.45) is 0.895. The van der Waals surface area contributed by atoms with E-state index >= 15 is 0 Å². The number of benzene rings is 2. The molecule has 0 fully saturated rings. The van der Waals surface area contributed by atoms with E-state index in [-0.39, 0.29) is 18.2 Å². The van der Waals surface area contributed by atoms with Crippen LogP contribution < -0.4 is 10.1 Å². The molecule has 0 atom stereocenters. The van der Waals surface area contributed by atoms with Gasteiger partial charge in [0.1, 0.15) is 5.75 Å². The second-order valence-corrected chi connectivity index (χ2v) is 6.09. The van der Waals surface area contributed by atoms with E-state index in [4.69, 9.17) is 10.00 Å². The van der Waals surface area contributed by atoms with Gasteiger partial charge >= 0.3 is 0 Å². The van der Waals surface area contributed by atoms with Crippen LogP contribution in [0.25, 0.3) is 0 Å². The predicted molar refractivity (Wildman–Crippen MR) is 103 cm³/mol. The minimum Gasteiger partial charge on any atom is -0.497 e. The third kappa shape index (κ3) is 6.48. The molecule has 0 unspecified atom stereocenters. The number of carbonyl (C=O) groups excluding carboxylic acids is 2. The lowest BCUT2D eigenvalue weighted by Crippen LogP contribution is -2.33.